The topological polar surface area (TPSA) is 21.3 Å². The fraction of sp³-hybridized carbons (Fsp3) is 0.333. The van der Waals surface area contributed by atoms with Gasteiger partial charge in [0.05, 0.1) is 0 Å². The molecule has 0 bridgehead atoms. The minimum Gasteiger partial charge on any atom is -0.488 e. The van der Waals surface area contributed by atoms with Gasteiger partial charge in [-0.15, -0.1) is 0 Å². The maximum absolute atomic E-state index is 6.18. The molecule has 2 aromatic rings. The van der Waals surface area contributed by atoms with Gasteiger partial charge in [-0.25, -0.2) is 0 Å². The van der Waals surface area contributed by atoms with Crippen LogP contribution in [0.1, 0.15) is 31.4 Å². The van der Waals surface area contributed by atoms with Crippen LogP contribution in [0.2, 0.25) is 10.0 Å². The van der Waals surface area contributed by atoms with E-state index in [0.717, 1.165) is 29.8 Å². The summed E-state index contributed by atoms with van der Waals surface area (Å²) in [6.07, 6.45) is 1.10. The molecule has 0 fully saturated rings. The Kier molecular flexibility index (Phi) is 6.56. The maximum Gasteiger partial charge on any atom is 0.124 e. The van der Waals surface area contributed by atoms with Crippen LogP contribution in [0.15, 0.2) is 42.5 Å². The summed E-state index contributed by atoms with van der Waals surface area (Å²) in [6.45, 7) is 5.48. The van der Waals surface area contributed by atoms with Crippen LogP contribution in [0.4, 0.5) is 0 Å². The van der Waals surface area contributed by atoms with Crippen LogP contribution < -0.4 is 10.1 Å². The Hall–Kier alpha value is -1.22. The molecule has 0 amide bonds. The lowest BCUT2D eigenvalue weighted by Crippen LogP contribution is -2.24. The zero-order valence-electron chi connectivity index (χ0n) is 12.9. The predicted octanol–water partition coefficient (Wildman–Crippen LogP) is 5.46. The van der Waals surface area contributed by atoms with Gasteiger partial charge in [0.1, 0.15) is 12.4 Å². The first-order valence-electron chi connectivity index (χ1n) is 7.48. The third-order valence-corrected chi connectivity index (χ3v) is 4.37. The molecule has 0 aromatic heterocycles. The summed E-state index contributed by atoms with van der Waals surface area (Å²) in [5, 5.41) is 4.73. The highest BCUT2D eigenvalue weighted by Gasteiger charge is 2.09. The van der Waals surface area contributed by atoms with Crippen molar-refractivity contribution < 1.29 is 4.74 Å². The smallest absolute Gasteiger partial charge is 0.124 e. The monoisotopic (exact) mass is 337 g/mol. The van der Waals surface area contributed by atoms with Crippen LogP contribution >= 0.6 is 23.2 Å². The first kappa shape index (κ1) is 17.1. The van der Waals surface area contributed by atoms with E-state index < -0.39 is 0 Å². The average molecular weight is 338 g/mol. The molecule has 22 heavy (non-hydrogen) atoms. The van der Waals surface area contributed by atoms with E-state index in [4.69, 9.17) is 27.9 Å². The van der Waals surface area contributed by atoms with Crippen LogP contribution in [0, 0.1) is 0 Å². The number of halogens is 2. The van der Waals surface area contributed by atoms with E-state index in [0.29, 0.717) is 22.7 Å². The normalized spacial score (nSPS) is 12.2. The summed E-state index contributed by atoms with van der Waals surface area (Å²) in [4.78, 5) is 0. The van der Waals surface area contributed by atoms with Crippen LogP contribution in [-0.2, 0) is 13.2 Å². The van der Waals surface area contributed by atoms with E-state index in [1.165, 1.54) is 0 Å². The summed E-state index contributed by atoms with van der Waals surface area (Å²) < 4.78 is 5.94. The third-order valence-electron chi connectivity index (χ3n) is 3.66. The van der Waals surface area contributed by atoms with Gasteiger partial charge in [0.25, 0.3) is 0 Å². The second kappa shape index (κ2) is 8.42. The molecular weight excluding hydrogens is 317 g/mol. The van der Waals surface area contributed by atoms with E-state index in [1.54, 1.807) is 0 Å². The summed E-state index contributed by atoms with van der Waals surface area (Å²) in [7, 11) is 0. The van der Waals surface area contributed by atoms with E-state index in [2.05, 4.69) is 25.2 Å². The number of para-hydroxylation sites is 1. The van der Waals surface area contributed by atoms with Crippen LogP contribution in [0.25, 0.3) is 0 Å². The van der Waals surface area contributed by atoms with Crippen molar-refractivity contribution in [1.29, 1.82) is 0 Å². The van der Waals surface area contributed by atoms with Crippen molar-refractivity contribution in [3.05, 3.63) is 63.6 Å². The third kappa shape index (κ3) is 4.64. The van der Waals surface area contributed by atoms with E-state index in [9.17, 15) is 0 Å². The molecule has 4 heteroatoms. The zero-order chi connectivity index (χ0) is 15.9. The predicted molar refractivity (Wildman–Crippen MR) is 93.8 cm³/mol. The first-order chi connectivity index (χ1) is 10.6. The molecule has 0 radical (unpaired) electrons. The molecule has 2 aromatic carbocycles. The lowest BCUT2D eigenvalue weighted by molar-refractivity contribution is 0.301. The second-order valence-electron chi connectivity index (χ2n) is 5.29. The highest BCUT2D eigenvalue weighted by Crippen LogP contribution is 2.27. The van der Waals surface area contributed by atoms with Crippen molar-refractivity contribution in [3.8, 4) is 5.75 Å². The van der Waals surface area contributed by atoms with E-state index in [1.807, 2.05) is 36.4 Å². The molecule has 0 spiro atoms. The van der Waals surface area contributed by atoms with Gasteiger partial charge in [-0.2, -0.15) is 0 Å². The lowest BCUT2D eigenvalue weighted by atomic mass is 10.1. The summed E-state index contributed by atoms with van der Waals surface area (Å²) in [5.74, 6) is 0.856. The fourth-order valence-electron chi connectivity index (χ4n) is 2.04. The van der Waals surface area contributed by atoms with Crippen molar-refractivity contribution in [2.24, 2.45) is 0 Å². The van der Waals surface area contributed by atoms with Crippen LogP contribution in [0.5, 0.6) is 5.75 Å². The first-order valence-corrected chi connectivity index (χ1v) is 8.24. The molecule has 0 aliphatic carbocycles. The Morgan fingerprint density at radius 2 is 1.73 bits per heavy atom. The standard InChI is InChI=1S/C18H21Cl2NO/c1-3-13(2)21-11-14-7-4-5-10-18(14)22-12-15-16(19)8-6-9-17(15)20/h4-10,13,21H,3,11-12H2,1-2H3/t13-/m0/s1. The Bertz CT molecular complexity index is 596. The quantitative estimate of drug-likeness (QED) is 0.724. The molecule has 0 saturated heterocycles. The molecule has 0 aliphatic heterocycles. The Morgan fingerprint density at radius 1 is 1.05 bits per heavy atom. The number of rotatable bonds is 7. The number of ether oxygens (including phenoxy) is 1. The summed E-state index contributed by atoms with van der Waals surface area (Å²) in [6, 6.07) is 14.0. The van der Waals surface area contributed by atoms with Gasteiger partial charge in [0.2, 0.25) is 0 Å². The molecule has 2 nitrogen and oxygen atoms in total. The van der Waals surface area contributed by atoms with Crippen molar-refractivity contribution in [2.75, 3.05) is 0 Å². The molecule has 0 unspecified atom stereocenters. The summed E-state index contributed by atoms with van der Waals surface area (Å²) in [5.41, 5.74) is 1.95. The van der Waals surface area contributed by atoms with Gasteiger partial charge >= 0.3 is 0 Å². The number of benzene rings is 2. The number of nitrogens with one attached hydrogen (secondary N) is 1. The van der Waals surface area contributed by atoms with Gasteiger partial charge in [-0.1, -0.05) is 54.4 Å². The molecule has 1 N–H and O–H groups in total. The Morgan fingerprint density at radius 3 is 2.41 bits per heavy atom. The lowest BCUT2D eigenvalue weighted by Gasteiger charge is -2.15. The van der Waals surface area contributed by atoms with Gasteiger partial charge in [0, 0.05) is 33.8 Å². The van der Waals surface area contributed by atoms with Gasteiger partial charge in [-0.05, 0) is 31.5 Å². The van der Waals surface area contributed by atoms with Crippen molar-refractivity contribution in [2.45, 2.75) is 39.5 Å². The molecular formula is C18H21Cl2NO. The Labute approximate surface area is 142 Å². The Balaban J connectivity index is 2.07. The van der Waals surface area contributed by atoms with Crippen LogP contribution in [-0.4, -0.2) is 6.04 Å². The van der Waals surface area contributed by atoms with E-state index >= 15 is 0 Å². The number of hydrogen-bond acceptors (Lipinski definition) is 2. The van der Waals surface area contributed by atoms with Crippen molar-refractivity contribution in [3.63, 3.8) is 0 Å². The van der Waals surface area contributed by atoms with Gasteiger partial charge in [-0.3, -0.25) is 0 Å². The highest BCUT2D eigenvalue weighted by molar-refractivity contribution is 6.35. The molecule has 118 valence electrons. The molecule has 1 atom stereocenters. The minimum atomic E-state index is 0.360. The fourth-order valence-corrected chi connectivity index (χ4v) is 2.55. The highest BCUT2D eigenvalue weighted by atomic mass is 35.5. The van der Waals surface area contributed by atoms with Gasteiger partial charge in [0.15, 0.2) is 0 Å². The van der Waals surface area contributed by atoms with Crippen molar-refractivity contribution in [1.82, 2.24) is 5.32 Å². The minimum absolute atomic E-state index is 0.360. The van der Waals surface area contributed by atoms with Crippen molar-refractivity contribution >= 4 is 23.2 Å². The SMILES string of the molecule is CC[C@H](C)NCc1ccccc1OCc1c(Cl)cccc1Cl. The van der Waals surface area contributed by atoms with Crippen LogP contribution in [0.3, 0.4) is 0 Å². The summed E-state index contributed by atoms with van der Waals surface area (Å²) >= 11 is 12.4. The largest absolute Gasteiger partial charge is 0.488 e. The molecule has 0 heterocycles. The van der Waals surface area contributed by atoms with Gasteiger partial charge < -0.3 is 10.1 Å². The van der Waals surface area contributed by atoms with E-state index in [-0.39, 0.29) is 0 Å². The number of hydrogen-bond donors (Lipinski definition) is 1. The maximum atomic E-state index is 6.18. The zero-order valence-corrected chi connectivity index (χ0v) is 14.4. The second-order valence-corrected chi connectivity index (χ2v) is 6.10. The average Bonchev–Trinajstić information content (AvgIpc) is 2.53. The molecule has 2 rings (SSSR count). The molecule has 0 aliphatic rings. The molecule has 0 saturated carbocycles.